The zero-order valence-corrected chi connectivity index (χ0v) is 31.9. The number of rotatable bonds is 17. The van der Waals surface area contributed by atoms with Gasteiger partial charge in [-0.2, -0.15) is 0 Å². The summed E-state index contributed by atoms with van der Waals surface area (Å²) in [7, 11) is 0. The first-order valence-electron chi connectivity index (χ1n) is 19.6. The molecule has 3 aromatic rings. The molecule has 5 rings (SSSR count). The second kappa shape index (κ2) is 22.7. The van der Waals surface area contributed by atoms with Gasteiger partial charge < -0.3 is 41.6 Å². The van der Waals surface area contributed by atoms with Gasteiger partial charge in [0, 0.05) is 62.7 Å². The molecule has 0 bridgehead atoms. The average molecular weight is 762 g/mol. The summed E-state index contributed by atoms with van der Waals surface area (Å²) in [5, 5.41) is 36.1. The summed E-state index contributed by atoms with van der Waals surface area (Å²) in [5.41, 5.74) is 8.44. The lowest BCUT2D eigenvalue weighted by atomic mass is 9.82. The minimum absolute atomic E-state index is 0.000154. The summed E-state index contributed by atoms with van der Waals surface area (Å²) in [6, 6.07) is 13.5. The number of nitrogens with two attached hydrogens (primary N) is 1. The van der Waals surface area contributed by atoms with Crippen LogP contribution in [0.1, 0.15) is 88.1 Å². The van der Waals surface area contributed by atoms with Crippen LogP contribution >= 0.6 is 0 Å². The Balaban J connectivity index is 0.00000160. The number of pyridine rings is 1. The molecule has 1 aromatic carbocycles. The Morgan fingerprint density at radius 3 is 2.25 bits per heavy atom. The molecule has 8 N–H and O–H groups in total. The van der Waals surface area contributed by atoms with E-state index in [0.717, 1.165) is 56.7 Å². The number of aliphatic hydroxyl groups excluding tert-OH is 2. The number of carboxylic acids is 1. The van der Waals surface area contributed by atoms with Gasteiger partial charge in [-0.25, -0.2) is 4.98 Å². The first-order chi connectivity index (χ1) is 26.5. The largest absolute Gasteiger partial charge is 0.481 e. The SMILES string of the molecule is CC(=O)O.NC1CCN(C(=O)CC(Cc2ccccc2)C(=O)N[C@@H](Cc2cnc[nH]2)C(=O)NC(CC2CCCCC2)[C@@H](O)[C@@H](O)CCc2ccccn2)CC1. The van der Waals surface area contributed by atoms with E-state index < -0.39 is 48.0 Å². The van der Waals surface area contributed by atoms with Crippen molar-refractivity contribution in [1.82, 2.24) is 30.5 Å². The maximum atomic E-state index is 14.2. The summed E-state index contributed by atoms with van der Waals surface area (Å²) in [6.45, 7) is 2.20. The van der Waals surface area contributed by atoms with Crippen LogP contribution in [0.25, 0.3) is 0 Å². The van der Waals surface area contributed by atoms with E-state index in [1.807, 2.05) is 48.5 Å². The van der Waals surface area contributed by atoms with Gasteiger partial charge in [-0.05, 0) is 62.1 Å². The third-order valence-electron chi connectivity index (χ3n) is 10.5. The number of amides is 3. The van der Waals surface area contributed by atoms with Gasteiger partial charge in [0.2, 0.25) is 17.7 Å². The fourth-order valence-corrected chi connectivity index (χ4v) is 7.39. The normalized spacial score (nSPS) is 17.8. The number of carbonyl (C=O) groups is 4. The van der Waals surface area contributed by atoms with Crippen LogP contribution in [0.15, 0.2) is 67.3 Å². The Labute approximate surface area is 323 Å². The molecule has 1 saturated carbocycles. The number of aromatic nitrogens is 3. The topological polar surface area (TPSA) is 224 Å². The average Bonchev–Trinajstić information content (AvgIpc) is 3.70. The molecule has 3 amide bonds. The maximum absolute atomic E-state index is 14.2. The zero-order chi connectivity index (χ0) is 39.6. The number of imidazole rings is 1. The number of nitrogens with zero attached hydrogens (tertiary/aromatic N) is 3. The number of carbonyl (C=O) groups excluding carboxylic acids is 3. The fourth-order valence-electron chi connectivity index (χ4n) is 7.39. The van der Waals surface area contributed by atoms with Crippen molar-refractivity contribution in [1.29, 1.82) is 0 Å². The Bertz CT molecular complexity index is 1580. The molecule has 14 heteroatoms. The summed E-state index contributed by atoms with van der Waals surface area (Å²) >= 11 is 0. The number of aliphatic carboxylic acids is 1. The van der Waals surface area contributed by atoms with Gasteiger partial charge in [-0.15, -0.1) is 0 Å². The smallest absolute Gasteiger partial charge is 0.300 e. The van der Waals surface area contributed by atoms with E-state index in [4.69, 9.17) is 15.6 Å². The predicted octanol–water partition coefficient (Wildman–Crippen LogP) is 2.93. The van der Waals surface area contributed by atoms with Crippen molar-refractivity contribution in [3.63, 3.8) is 0 Å². The molecular formula is C41H59N7O7. The van der Waals surface area contributed by atoms with E-state index in [9.17, 15) is 24.6 Å². The highest BCUT2D eigenvalue weighted by Crippen LogP contribution is 2.29. The van der Waals surface area contributed by atoms with Crippen LogP contribution in [0, 0.1) is 11.8 Å². The Morgan fingerprint density at radius 2 is 1.62 bits per heavy atom. The number of hydrogen-bond acceptors (Lipinski definition) is 9. The Morgan fingerprint density at radius 1 is 0.927 bits per heavy atom. The number of aryl methyl sites for hydroxylation is 1. The highest BCUT2D eigenvalue weighted by atomic mass is 16.4. The van der Waals surface area contributed by atoms with Gasteiger partial charge in [-0.1, -0.05) is 68.5 Å². The fraction of sp³-hybridized carbons (Fsp3) is 0.561. The molecule has 14 nitrogen and oxygen atoms in total. The lowest BCUT2D eigenvalue weighted by Crippen LogP contribution is -2.56. The van der Waals surface area contributed by atoms with E-state index in [1.54, 1.807) is 17.3 Å². The summed E-state index contributed by atoms with van der Waals surface area (Å²) in [6.07, 6.45) is 11.0. The molecule has 0 radical (unpaired) electrons. The monoisotopic (exact) mass is 761 g/mol. The molecule has 2 aliphatic rings. The Hall–Kier alpha value is -4.66. The number of hydrogen-bond donors (Lipinski definition) is 7. The number of H-pyrrole nitrogens is 1. The minimum Gasteiger partial charge on any atom is -0.481 e. The number of piperidine rings is 1. The molecule has 2 fully saturated rings. The van der Waals surface area contributed by atoms with Crippen LogP contribution in [-0.4, -0.2) is 102 Å². The number of likely N-dealkylation sites (tertiary alicyclic amines) is 1. The van der Waals surface area contributed by atoms with Gasteiger partial charge in [0.15, 0.2) is 0 Å². The third kappa shape index (κ3) is 15.2. The summed E-state index contributed by atoms with van der Waals surface area (Å²) < 4.78 is 0. The van der Waals surface area contributed by atoms with Crippen LogP contribution in [0.2, 0.25) is 0 Å². The molecule has 1 aliphatic heterocycles. The van der Waals surface area contributed by atoms with Crippen molar-refractivity contribution < 1.29 is 34.5 Å². The number of aromatic amines is 1. The molecule has 5 atom stereocenters. The molecule has 55 heavy (non-hydrogen) atoms. The maximum Gasteiger partial charge on any atom is 0.300 e. The number of aliphatic hydroxyl groups is 2. The summed E-state index contributed by atoms with van der Waals surface area (Å²) in [5.74, 6) is -2.23. The van der Waals surface area contributed by atoms with Crippen LogP contribution in [0.4, 0.5) is 0 Å². The molecule has 300 valence electrons. The molecule has 1 saturated heterocycles. The van der Waals surface area contributed by atoms with Gasteiger partial charge in [0.05, 0.1) is 24.4 Å². The first kappa shape index (κ1) is 43.1. The zero-order valence-electron chi connectivity index (χ0n) is 31.9. The second-order valence-electron chi connectivity index (χ2n) is 14.9. The number of benzene rings is 1. The molecule has 2 aromatic heterocycles. The summed E-state index contributed by atoms with van der Waals surface area (Å²) in [4.78, 5) is 64.0. The molecular weight excluding hydrogens is 702 g/mol. The van der Waals surface area contributed by atoms with Crippen molar-refractivity contribution in [2.24, 2.45) is 17.6 Å². The van der Waals surface area contributed by atoms with Crippen LogP contribution in [-0.2, 0) is 38.4 Å². The Kier molecular flexibility index (Phi) is 17.7. The van der Waals surface area contributed by atoms with Crippen molar-refractivity contribution in [3.8, 4) is 0 Å². The highest BCUT2D eigenvalue weighted by Gasteiger charge is 2.35. The van der Waals surface area contributed by atoms with Gasteiger partial charge in [0.25, 0.3) is 5.97 Å². The van der Waals surface area contributed by atoms with E-state index in [2.05, 4.69) is 25.6 Å². The van der Waals surface area contributed by atoms with Gasteiger partial charge in [0.1, 0.15) is 12.1 Å². The van der Waals surface area contributed by atoms with Crippen LogP contribution in [0.3, 0.4) is 0 Å². The molecule has 2 unspecified atom stereocenters. The standard InChI is InChI=1S/C39H55N7O5.C2H4O2/c40-30-16-19-46(20-17-30)36(48)23-29(21-27-9-3-1-4-10-27)38(50)45-34(24-32-25-41-26-43-32)39(51)44-33(22-28-11-5-2-6-12-28)37(49)35(47)15-14-31-13-7-8-18-42-31;1-2(3)4/h1,3-4,7-10,13,18,25-26,28-30,33-35,37,47,49H,2,5-6,11-12,14-17,19-24,40H2,(H,41,43)(H,44,51)(H,45,50);1H3,(H,3,4)/t29?,33?,34-,35-,37+;/m0./s1. The van der Waals surface area contributed by atoms with Crippen LogP contribution in [0.5, 0.6) is 0 Å². The number of nitrogens with one attached hydrogen (secondary N) is 3. The lowest BCUT2D eigenvalue weighted by molar-refractivity contribution is -0.138. The third-order valence-corrected chi connectivity index (χ3v) is 10.5. The van der Waals surface area contributed by atoms with Crippen molar-refractivity contribution in [2.45, 2.75) is 121 Å². The van der Waals surface area contributed by atoms with Gasteiger partial charge in [-0.3, -0.25) is 24.2 Å². The number of carboxylic acid groups (broad SMARTS) is 1. The quantitative estimate of drug-likeness (QED) is 0.107. The van der Waals surface area contributed by atoms with E-state index in [-0.39, 0.29) is 31.2 Å². The minimum atomic E-state index is -1.22. The van der Waals surface area contributed by atoms with Crippen LogP contribution < -0.4 is 16.4 Å². The van der Waals surface area contributed by atoms with E-state index in [1.165, 1.54) is 12.7 Å². The molecule has 1 aliphatic carbocycles. The lowest BCUT2D eigenvalue weighted by Gasteiger charge is -2.33. The van der Waals surface area contributed by atoms with Crippen molar-refractivity contribution in [3.05, 3.63) is 84.2 Å². The first-order valence-corrected chi connectivity index (χ1v) is 19.6. The van der Waals surface area contributed by atoms with Crippen molar-refractivity contribution in [2.75, 3.05) is 13.1 Å². The molecule has 0 spiro atoms. The van der Waals surface area contributed by atoms with E-state index in [0.29, 0.717) is 44.0 Å². The van der Waals surface area contributed by atoms with Gasteiger partial charge >= 0.3 is 0 Å². The molecule has 3 heterocycles. The predicted molar refractivity (Wildman–Crippen MR) is 207 cm³/mol. The van der Waals surface area contributed by atoms with E-state index >= 15 is 0 Å². The van der Waals surface area contributed by atoms with Crippen molar-refractivity contribution >= 4 is 23.7 Å². The highest BCUT2D eigenvalue weighted by molar-refractivity contribution is 5.91. The second-order valence-corrected chi connectivity index (χ2v) is 14.9.